The van der Waals surface area contributed by atoms with Gasteiger partial charge in [0.05, 0.1) is 11.7 Å². The highest BCUT2D eigenvalue weighted by molar-refractivity contribution is 14.0. The summed E-state index contributed by atoms with van der Waals surface area (Å²) >= 11 is 0. The molecule has 0 aromatic heterocycles. The van der Waals surface area contributed by atoms with E-state index in [1.54, 1.807) is 7.05 Å². The van der Waals surface area contributed by atoms with Crippen LogP contribution >= 0.6 is 24.0 Å². The Morgan fingerprint density at radius 3 is 2.72 bits per heavy atom. The molecule has 2 unspecified atom stereocenters. The van der Waals surface area contributed by atoms with Gasteiger partial charge in [-0.15, -0.1) is 24.0 Å². The normalized spacial score (nSPS) is 21.5. The van der Waals surface area contributed by atoms with Gasteiger partial charge in [-0.25, -0.2) is 0 Å². The molecule has 0 bridgehead atoms. The number of hydrogen-bond donors (Lipinski definition) is 2. The lowest BCUT2D eigenvalue weighted by Gasteiger charge is -2.24. The lowest BCUT2D eigenvalue weighted by Crippen LogP contribution is -2.45. The maximum absolute atomic E-state index is 5.88. The van der Waals surface area contributed by atoms with Crippen molar-refractivity contribution in [1.82, 2.24) is 10.6 Å². The molecule has 1 heterocycles. The second-order valence-corrected chi connectivity index (χ2v) is 6.53. The van der Waals surface area contributed by atoms with Gasteiger partial charge in [-0.1, -0.05) is 30.3 Å². The fourth-order valence-corrected chi connectivity index (χ4v) is 2.83. The summed E-state index contributed by atoms with van der Waals surface area (Å²) in [6, 6.07) is 10.3. The number of halogens is 1. The first-order chi connectivity index (χ1) is 11.6. The lowest BCUT2D eigenvalue weighted by molar-refractivity contribution is 0.0242. The minimum Gasteiger partial charge on any atom is -0.374 e. The van der Waals surface area contributed by atoms with Crippen molar-refractivity contribution < 1.29 is 9.47 Å². The predicted octanol–water partition coefficient (Wildman–Crippen LogP) is 3.51. The molecule has 1 aliphatic rings. The molecule has 2 atom stereocenters. The first-order valence-electron chi connectivity index (χ1n) is 8.88. The SMILES string of the molecule is CN=C(NCCCOC(C)c1ccccc1)NCC1(C)CCCO1.I. The van der Waals surface area contributed by atoms with E-state index in [0.717, 1.165) is 51.5 Å². The van der Waals surface area contributed by atoms with Gasteiger partial charge in [0.15, 0.2) is 5.96 Å². The van der Waals surface area contributed by atoms with Crippen molar-refractivity contribution in [3.05, 3.63) is 35.9 Å². The zero-order chi connectivity index (χ0) is 17.3. The van der Waals surface area contributed by atoms with Crippen LogP contribution in [0.1, 0.15) is 44.8 Å². The topological polar surface area (TPSA) is 54.9 Å². The zero-order valence-electron chi connectivity index (χ0n) is 15.6. The Morgan fingerprint density at radius 2 is 2.08 bits per heavy atom. The Labute approximate surface area is 169 Å². The molecule has 0 saturated carbocycles. The molecule has 0 spiro atoms. The molecular formula is C19H32IN3O2. The summed E-state index contributed by atoms with van der Waals surface area (Å²) < 4.78 is 11.7. The van der Waals surface area contributed by atoms with E-state index in [9.17, 15) is 0 Å². The van der Waals surface area contributed by atoms with Crippen molar-refractivity contribution in [3.63, 3.8) is 0 Å². The number of nitrogens with zero attached hydrogens (tertiary/aromatic N) is 1. The molecule has 2 rings (SSSR count). The van der Waals surface area contributed by atoms with Gasteiger partial charge in [0.25, 0.3) is 0 Å². The van der Waals surface area contributed by atoms with Crippen LogP contribution in [0.4, 0.5) is 0 Å². The van der Waals surface area contributed by atoms with Crippen LogP contribution in [-0.2, 0) is 9.47 Å². The number of nitrogens with one attached hydrogen (secondary N) is 2. The van der Waals surface area contributed by atoms with Crippen LogP contribution in [0.2, 0.25) is 0 Å². The number of guanidine groups is 1. The summed E-state index contributed by atoms with van der Waals surface area (Å²) in [4.78, 5) is 4.26. The van der Waals surface area contributed by atoms with Gasteiger partial charge in [-0.2, -0.15) is 0 Å². The molecule has 25 heavy (non-hydrogen) atoms. The molecule has 0 radical (unpaired) electrons. The molecule has 142 valence electrons. The van der Waals surface area contributed by atoms with Crippen LogP contribution in [0.15, 0.2) is 35.3 Å². The molecule has 1 aromatic rings. The van der Waals surface area contributed by atoms with Gasteiger partial charge in [-0.3, -0.25) is 4.99 Å². The molecule has 0 aliphatic carbocycles. The predicted molar refractivity (Wildman–Crippen MR) is 114 cm³/mol. The van der Waals surface area contributed by atoms with Crippen LogP contribution in [0.5, 0.6) is 0 Å². The lowest BCUT2D eigenvalue weighted by atomic mass is 10.0. The van der Waals surface area contributed by atoms with Crippen LogP contribution in [-0.4, -0.2) is 44.9 Å². The number of rotatable bonds is 8. The highest BCUT2D eigenvalue weighted by Gasteiger charge is 2.29. The molecule has 6 heteroatoms. The summed E-state index contributed by atoms with van der Waals surface area (Å²) in [6.07, 6.45) is 3.30. The zero-order valence-corrected chi connectivity index (χ0v) is 17.9. The Hall–Kier alpha value is -0.860. The van der Waals surface area contributed by atoms with E-state index in [1.807, 2.05) is 18.2 Å². The fraction of sp³-hybridized carbons (Fsp3) is 0.632. The third kappa shape index (κ3) is 7.92. The van der Waals surface area contributed by atoms with Gasteiger partial charge < -0.3 is 20.1 Å². The maximum Gasteiger partial charge on any atom is 0.191 e. The molecule has 5 nitrogen and oxygen atoms in total. The van der Waals surface area contributed by atoms with Crippen LogP contribution < -0.4 is 10.6 Å². The van der Waals surface area contributed by atoms with E-state index in [-0.39, 0.29) is 35.7 Å². The first-order valence-corrected chi connectivity index (χ1v) is 8.88. The Bertz CT molecular complexity index is 505. The van der Waals surface area contributed by atoms with Crippen molar-refractivity contribution in [2.75, 3.05) is 33.4 Å². The Kier molecular flexibility index (Phi) is 10.4. The van der Waals surface area contributed by atoms with Crippen LogP contribution in [0.25, 0.3) is 0 Å². The Balaban J connectivity index is 0.00000312. The number of aliphatic imine (C=N–C) groups is 1. The number of hydrogen-bond acceptors (Lipinski definition) is 3. The van der Waals surface area contributed by atoms with Crippen molar-refractivity contribution >= 4 is 29.9 Å². The van der Waals surface area contributed by atoms with E-state index >= 15 is 0 Å². The maximum atomic E-state index is 5.88. The first kappa shape index (κ1) is 22.2. The largest absolute Gasteiger partial charge is 0.374 e. The third-order valence-corrected chi connectivity index (χ3v) is 4.40. The average Bonchev–Trinajstić information content (AvgIpc) is 3.04. The summed E-state index contributed by atoms with van der Waals surface area (Å²) in [5.74, 6) is 0.822. The van der Waals surface area contributed by atoms with Crippen molar-refractivity contribution in [1.29, 1.82) is 0 Å². The quantitative estimate of drug-likeness (QED) is 0.269. The molecule has 0 amide bonds. The molecule has 1 saturated heterocycles. The summed E-state index contributed by atoms with van der Waals surface area (Å²) in [7, 11) is 1.79. The Morgan fingerprint density at radius 1 is 1.32 bits per heavy atom. The van der Waals surface area contributed by atoms with E-state index in [1.165, 1.54) is 5.56 Å². The van der Waals surface area contributed by atoms with Gasteiger partial charge in [0.2, 0.25) is 0 Å². The summed E-state index contributed by atoms with van der Waals surface area (Å²) in [6.45, 7) is 7.44. The van der Waals surface area contributed by atoms with E-state index in [4.69, 9.17) is 9.47 Å². The summed E-state index contributed by atoms with van der Waals surface area (Å²) in [5, 5.41) is 6.68. The second kappa shape index (κ2) is 11.7. The van der Waals surface area contributed by atoms with Gasteiger partial charge in [0, 0.05) is 33.4 Å². The van der Waals surface area contributed by atoms with E-state index in [2.05, 4.69) is 41.6 Å². The molecule has 1 aromatic carbocycles. The second-order valence-electron chi connectivity index (χ2n) is 6.53. The fourth-order valence-electron chi connectivity index (χ4n) is 2.83. The minimum absolute atomic E-state index is 0. The smallest absolute Gasteiger partial charge is 0.191 e. The molecule has 1 aliphatic heterocycles. The van der Waals surface area contributed by atoms with E-state index < -0.39 is 0 Å². The van der Waals surface area contributed by atoms with Gasteiger partial charge >= 0.3 is 0 Å². The van der Waals surface area contributed by atoms with Crippen molar-refractivity contribution in [2.24, 2.45) is 4.99 Å². The standard InChI is InChI=1S/C19H31N3O2.HI/c1-16(17-9-5-4-6-10-17)23-13-8-12-21-18(20-3)22-15-19(2)11-7-14-24-19;/h4-6,9-10,16H,7-8,11-15H2,1-3H3,(H2,20,21,22);1H. The number of ether oxygens (including phenoxy) is 2. The minimum atomic E-state index is -0.0636. The average molecular weight is 461 g/mol. The van der Waals surface area contributed by atoms with Crippen LogP contribution in [0.3, 0.4) is 0 Å². The van der Waals surface area contributed by atoms with Crippen molar-refractivity contribution in [3.8, 4) is 0 Å². The van der Waals surface area contributed by atoms with E-state index in [0.29, 0.717) is 0 Å². The number of benzene rings is 1. The summed E-state index contributed by atoms with van der Waals surface area (Å²) in [5.41, 5.74) is 1.15. The van der Waals surface area contributed by atoms with Gasteiger partial charge in [0.1, 0.15) is 0 Å². The van der Waals surface area contributed by atoms with Crippen LogP contribution in [0, 0.1) is 0 Å². The van der Waals surface area contributed by atoms with Gasteiger partial charge in [-0.05, 0) is 38.7 Å². The third-order valence-electron chi connectivity index (χ3n) is 4.40. The monoisotopic (exact) mass is 461 g/mol. The molecular weight excluding hydrogens is 429 g/mol. The highest BCUT2D eigenvalue weighted by Crippen LogP contribution is 2.23. The highest BCUT2D eigenvalue weighted by atomic mass is 127. The molecule has 1 fully saturated rings. The van der Waals surface area contributed by atoms with Crippen molar-refractivity contribution in [2.45, 2.75) is 44.8 Å². The molecule has 2 N–H and O–H groups in total.